The molecule has 2 nitrogen and oxygen atoms in total. The van der Waals surface area contributed by atoms with Crippen LogP contribution < -0.4 is 5.73 Å². The Morgan fingerprint density at radius 1 is 0.645 bits per heavy atom. The molecule has 0 aromatic rings. The highest BCUT2D eigenvalue weighted by molar-refractivity contribution is 5.73. The summed E-state index contributed by atoms with van der Waals surface area (Å²) in [5.74, 6) is 4.65. The second-order valence-corrected chi connectivity index (χ2v) is 11.0. The molecule has 184 valence electrons. The second-order valence-electron chi connectivity index (χ2n) is 11.0. The topological polar surface area (TPSA) is 43.1 Å². The first-order valence-corrected chi connectivity index (χ1v) is 14.3. The van der Waals surface area contributed by atoms with Crippen LogP contribution in [0.4, 0.5) is 0 Å². The monoisotopic (exact) mass is 435 g/mol. The van der Waals surface area contributed by atoms with E-state index in [1.165, 1.54) is 109 Å². The van der Waals surface area contributed by atoms with Gasteiger partial charge in [-0.05, 0) is 48.9 Å². The van der Waals surface area contributed by atoms with E-state index in [1.54, 1.807) is 0 Å². The molecule has 2 heteroatoms. The van der Waals surface area contributed by atoms with Crippen molar-refractivity contribution in [3.63, 3.8) is 0 Å². The molecule has 0 aromatic heterocycles. The van der Waals surface area contributed by atoms with Crippen molar-refractivity contribution in [3.05, 3.63) is 0 Å². The maximum atomic E-state index is 10.7. The van der Waals surface area contributed by atoms with Crippen LogP contribution in [0.1, 0.15) is 150 Å². The molecule has 1 fully saturated rings. The van der Waals surface area contributed by atoms with Crippen LogP contribution in [0.25, 0.3) is 0 Å². The maximum absolute atomic E-state index is 10.7. The summed E-state index contributed by atoms with van der Waals surface area (Å²) < 4.78 is 0. The van der Waals surface area contributed by atoms with Gasteiger partial charge in [-0.25, -0.2) is 0 Å². The first-order valence-electron chi connectivity index (χ1n) is 14.3. The van der Waals surface area contributed by atoms with Crippen LogP contribution in [0.3, 0.4) is 0 Å². The highest BCUT2D eigenvalue weighted by Crippen LogP contribution is 2.43. The number of carbonyl (C=O) groups excluding carboxylic acids is 1. The van der Waals surface area contributed by atoms with Gasteiger partial charge in [0.25, 0.3) is 0 Å². The standard InChI is InChI=1S/C29H57NO/c1-5-26-23-25(4)28(6-2)27(22-24(26)3)20-18-16-14-12-10-8-7-9-11-13-15-17-19-21-29(30)31/h24-28H,5-23H2,1-4H3,(H2,30,31). The molecule has 31 heavy (non-hydrogen) atoms. The molecule has 5 unspecified atom stereocenters. The molecule has 0 bridgehead atoms. The Morgan fingerprint density at radius 2 is 1.10 bits per heavy atom. The number of unbranched alkanes of at least 4 members (excludes halogenated alkanes) is 12. The zero-order valence-electron chi connectivity index (χ0n) is 21.8. The molecule has 1 aliphatic carbocycles. The zero-order chi connectivity index (χ0) is 22.9. The van der Waals surface area contributed by atoms with Gasteiger partial charge in [0.2, 0.25) is 5.91 Å². The third kappa shape index (κ3) is 12.9. The van der Waals surface area contributed by atoms with Gasteiger partial charge >= 0.3 is 0 Å². The lowest BCUT2D eigenvalue weighted by atomic mass is 9.76. The quantitative estimate of drug-likeness (QED) is 0.169. The second kappa shape index (κ2) is 18.0. The average Bonchev–Trinajstić information content (AvgIpc) is 2.85. The molecule has 1 rings (SSSR count). The summed E-state index contributed by atoms with van der Waals surface area (Å²) in [5, 5.41) is 0. The minimum absolute atomic E-state index is 0.149. The first kappa shape index (κ1) is 28.5. The van der Waals surface area contributed by atoms with Crippen molar-refractivity contribution in [1.29, 1.82) is 0 Å². The average molecular weight is 436 g/mol. The van der Waals surface area contributed by atoms with Crippen LogP contribution in [-0.2, 0) is 4.79 Å². The lowest BCUT2D eigenvalue weighted by Crippen LogP contribution is -2.20. The number of amides is 1. The summed E-state index contributed by atoms with van der Waals surface area (Å²) in [4.78, 5) is 10.7. The fourth-order valence-electron chi connectivity index (χ4n) is 6.48. The van der Waals surface area contributed by atoms with E-state index in [0.717, 1.165) is 36.0 Å². The van der Waals surface area contributed by atoms with Crippen molar-refractivity contribution >= 4 is 5.91 Å². The summed E-state index contributed by atoms with van der Waals surface area (Å²) in [5.41, 5.74) is 5.17. The van der Waals surface area contributed by atoms with E-state index in [4.69, 9.17) is 5.73 Å². The van der Waals surface area contributed by atoms with Gasteiger partial charge in [0, 0.05) is 6.42 Å². The molecule has 2 N–H and O–H groups in total. The highest BCUT2D eigenvalue weighted by atomic mass is 16.1. The summed E-state index contributed by atoms with van der Waals surface area (Å²) in [6.45, 7) is 9.93. The van der Waals surface area contributed by atoms with Crippen LogP contribution >= 0.6 is 0 Å². The van der Waals surface area contributed by atoms with Gasteiger partial charge in [-0.15, -0.1) is 0 Å². The molecule has 0 aliphatic heterocycles. The first-order chi connectivity index (χ1) is 15.0. The van der Waals surface area contributed by atoms with E-state index < -0.39 is 0 Å². The highest BCUT2D eigenvalue weighted by Gasteiger charge is 2.33. The SMILES string of the molecule is CCC1CC(C)C(CC)C(CCCCCCCCCCCCCCCC(N)=O)CC1C. The van der Waals surface area contributed by atoms with Crippen molar-refractivity contribution in [2.75, 3.05) is 0 Å². The van der Waals surface area contributed by atoms with Crippen molar-refractivity contribution < 1.29 is 4.79 Å². The van der Waals surface area contributed by atoms with E-state index in [0.29, 0.717) is 6.42 Å². The largest absolute Gasteiger partial charge is 0.370 e. The Hall–Kier alpha value is -0.530. The Kier molecular flexibility index (Phi) is 16.5. The van der Waals surface area contributed by atoms with Gasteiger partial charge in [-0.1, -0.05) is 124 Å². The Labute approximate surface area is 195 Å². The normalized spacial score (nSPS) is 26.6. The summed E-state index contributed by atoms with van der Waals surface area (Å²) in [6, 6.07) is 0. The van der Waals surface area contributed by atoms with E-state index in [1.807, 2.05) is 0 Å². The van der Waals surface area contributed by atoms with Gasteiger partial charge in [-0.2, -0.15) is 0 Å². The molecule has 5 atom stereocenters. The van der Waals surface area contributed by atoms with Crippen molar-refractivity contribution in [1.82, 2.24) is 0 Å². The predicted octanol–water partition coefficient (Wildman–Crippen LogP) is 9.06. The molecular formula is C29H57NO. The minimum Gasteiger partial charge on any atom is -0.370 e. The minimum atomic E-state index is -0.149. The molecule has 0 radical (unpaired) electrons. The zero-order valence-corrected chi connectivity index (χ0v) is 21.8. The van der Waals surface area contributed by atoms with Crippen molar-refractivity contribution in [2.24, 2.45) is 35.3 Å². The predicted molar refractivity (Wildman–Crippen MR) is 137 cm³/mol. The Balaban J connectivity index is 2.00. The number of hydrogen-bond donors (Lipinski definition) is 1. The fraction of sp³-hybridized carbons (Fsp3) is 0.966. The van der Waals surface area contributed by atoms with Gasteiger partial charge in [0.05, 0.1) is 0 Å². The molecular weight excluding hydrogens is 378 g/mol. The summed E-state index contributed by atoms with van der Waals surface area (Å²) in [7, 11) is 0. The molecule has 0 heterocycles. The molecule has 1 saturated carbocycles. The third-order valence-electron chi connectivity index (χ3n) is 8.48. The van der Waals surface area contributed by atoms with Crippen LogP contribution in [0.5, 0.6) is 0 Å². The third-order valence-corrected chi connectivity index (χ3v) is 8.48. The molecule has 1 amide bonds. The lowest BCUT2D eigenvalue weighted by molar-refractivity contribution is -0.118. The number of primary amides is 1. The van der Waals surface area contributed by atoms with Crippen LogP contribution in [0.2, 0.25) is 0 Å². The number of carbonyl (C=O) groups is 1. The lowest BCUT2D eigenvalue weighted by Gasteiger charge is -2.29. The van der Waals surface area contributed by atoms with Gasteiger partial charge in [0.1, 0.15) is 0 Å². The smallest absolute Gasteiger partial charge is 0.217 e. The summed E-state index contributed by atoms with van der Waals surface area (Å²) >= 11 is 0. The summed E-state index contributed by atoms with van der Waals surface area (Å²) in [6.07, 6.45) is 25.4. The van der Waals surface area contributed by atoms with Gasteiger partial charge < -0.3 is 5.73 Å². The number of rotatable bonds is 18. The van der Waals surface area contributed by atoms with Crippen LogP contribution in [-0.4, -0.2) is 5.91 Å². The van der Waals surface area contributed by atoms with E-state index >= 15 is 0 Å². The Morgan fingerprint density at radius 3 is 1.55 bits per heavy atom. The molecule has 1 aliphatic rings. The fourth-order valence-corrected chi connectivity index (χ4v) is 6.48. The van der Waals surface area contributed by atoms with Crippen LogP contribution in [0, 0.1) is 29.6 Å². The number of hydrogen-bond acceptors (Lipinski definition) is 1. The molecule has 0 saturated heterocycles. The van der Waals surface area contributed by atoms with Gasteiger partial charge in [-0.3, -0.25) is 4.79 Å². The van der Waals surface area contributed by atoms with Crippen molar-refractivity contribution in [3.8, 4) is 0 Å². The van der Waals surface area contributed by atoms with Crippen LogP contribution in [0.15, 0.2) is 0 Å². The van der Waals surface area contributed by atoms with Gasteiger partial charge in [0.15, 0.2) is 0 Å². The van der Waals surface area contributed by atoms with E-state index in [9.17, 15) is 4.79 Å². The van der Waals surface area contributed by atoms with Crippen molar-refractivity contribution in [2.45, 2.75) is 150 Å². The number of nitrogens with two attached hydrogens (primary N) is 1. The Bertz CT molecular complexity index is 434. The molecule has 0 aromatic carbocycles. The van der Waals surface area contributed by atoms with E-state index in [2.05, 4.69) is 27.7 Å². The molecule has 0 spiro atoms. The maximum Gasteiger partial charge on any atom is 0.217 e. The van der Waals surface area contributed by atoms with E-state index in [-0.39, 0.29) is 5.91 Å².